The predicted octanol–water partition coefficient (Wildman–Crippen LogP) is 7.16. The van der Waals surface area contributed by atoms with E-state index in [1.807, 2.05) is 53.4 Å². The van der Waals surface area contributed by atoms with E-state index in [9.17, 15) is 9.59 Å². The highest BCUT2D eigenvalue weighted by molar-refractivity contribution is 6.33. The largest absolute Gasteiger partial charge is 0.494 e. The first-order chi connectivity index (χ1) is 20.5. The topological polar surface area (TPSA) is 71.1 Å². The van der Waals surface area contributed by atoms with Crippen molar-refractivity contribution in [2.24, 2.45) is 0 Å². The van der Waals surface area contributed by atoms with Crippen molar-refractivity contribution >= 4 is 34.8 Å². The van der Waals surface area contributed by atoms with Gasteiger partial charge in [-0.2, -0.15) is 0 Å². The molecule has 3 aromatic carbocycles. The lowest BCUT2D eigenvalue weighted by Crippen LogP contribution is -2.48. The second-order valence-corrected chi connectivity index (χ2v) is 11.5. The maximum Gasteiger partial charge on any atom is 0.262 e. The minimum absolute atomic E-state index is 0.0169. The van der Waals surface area contributed by atoms with Crippen molar-refractivity contribution in [2.45, 2.75) is 51.4 Å². The van der Waals surface area contributed by atoms with Gasteiger partial charge in [0.1, 0.15) is 11.5 Å². The van der Waals surface area contributed by atoms with Gasteiger partial charge in [-0.1, -0.05) is 49.9 Å². The van der Waals surface area contributed by atoms with Crippen LogP contribution in [-0.4, -0.2) is 56.1 Å². The molecule has 1 heterocycles. The first kappa shape index (κ1) is 29.8. The van der Waals surface area contributed by atoms with Crippen LogP contribution in [0.25, 0.3) is 0 Å². The first-order valence-electron chi connectivity index (χ1n) is 15.1. The Balaban J connectivity index is 1.08. The van der Waals surface area contributed by atoms with Gasteiger partial charge in [0, 0.05) is 37.4 Å². The monoisotopic (exact) mass is 589 g/mol. The quantitative estimate of drug-likeness (QED) is 0.272. The SMILES string of the molecule is CCCOc1ccc(C(=O)N2CCN(c3ccc(NC(=O)COc4ccc(C5CCCCC5)cc4)cc3Cl)CC2)cc1. The molecule has 8 heteroatoms. The second kappa shape index (κ2) is 14.5. The number of hydrogen-bond acceptors (Lipinski definition) is 5. The Labute approximate surface area is 253 Å². The molecular weight excluding hydrogens is 550 g/mol. The number of ether oxygens (including phenoxy) is 2. The van der Waals surface area contributed by atoms with Gasteiger partial charge in [-0.15, -0.1) is 0 Å². The van der Waals surface area contributed by atoms with Crippen LogP contribution in [0.15, 0.2) is 66.7 Å². The van der Waals surface area contributed by atoms with Crippen molar-refractivity contribution < 1.29 is 19.1 Å². The maximum absolute atomic E-state index is 13.0. The minimum Gasteiger partial charge on any atom is -0.494 e. The van der Waals surface area contributed by atoms with Gasteiger partial charge < -0.3 is 24.6 Å². The normalized spacial score (nSPS) is 15.8. The summed E-state index contributed by atoms with van der Waals surface area (Å²) in [6.07, 6.45) is 7.40. The van der Waals surface area contributed by atoms with Crippen LogP contribution in [0.1, 0.15) is 67.3 Å². The van der Waals surface area contributed by atoms with E-state index in [1.54, 1.807) is 6.07 Å². The Hall–Kier alpha value is -3.71. The van der Waals surface area contributed by atoms with Gasteiger partial charge >= 0.3 is 0 Å². The number of rotatable bonds is 10. The molecule has 222 valence electrons. The van der Waals surface area contributed by atoms with Crippen molar-refractivity contribution in [2.75, 3.05) is 49.6 Å². The number of piperazine rings is 1. The average molecular weight is 590 g/mol. The molecule has 2 amide bonds. The summed E-state index contributed by atoms with van der Waals surface area (Å²) in [4.78, 5) is 29.6. The van der Waals surface area contributed by atoms with Crippen LogP contribution in [-0.2, 0) is 4.79 Å². The Kier molecular flexibility index (Phi) is 10.2. The fourth-order valence-corrected chi connectivity index (χ4v) is 6.01. The van der Waals surface area contributed by atoms with E-state index in [2.05, 4.69) is 29.3 Å². The Bertz CT molecular complexity index is 1330. The van der Waals surface area contributed by atoms with Gasteiger partial charge in [-0.05, 0) is 85.3 Å². The van der Waals surface area contributed by atoms with Gasteiger partial charge in [-0.3, -0.25) is 9.59 Å². The van der Waals surface area contributed by atoms with E-state index in [1.165, 1.54) is 37.7 Å². The Morgan fingerprint density at radius 2 is 1.52 bits per heavy atom. The van der Waals surface area contributed by atoms with Gasteiger partial charge in [0.25, 0.3) is 11.8 Å². The van der Waals surface area contributed by atoms with Crippen molar-refractivity contribution in [1.82, 2.24) is 4.90 Å². The number of nitrogens with one attached hydrogen (secondary N) is 1. The van der Waals surface area contributed by atoms with Crippen molar-refractivity contribution in [3.05, 3.63) is 82.9 Å². The van der Waals surface area contributed by atoms with Crippen LogP contribution in [0.5, 0.6) is 11.5 Å². The molecule has 3 aromatic rings. The van der Waals surface area contributed by atoms with E-state index in [4.69, 9.17) is 21.1 Å². The minimum atomic E-state index is -0.243. The highest BCUT2D eigenvalue weighted by Crippen LogP contribution is 2.33. The number of amides is 2. The van der Waals surface area contributed by atoms with E-state index in [0.717, 1.165) is 17.9 Å². The molecule has 0 radical (unpaired) electrons. The van der Waals surface area contributed by atoms with Crippen LogP contribution in [0.4, 0.5) is 11.4 Å². The summed E-state index contributed by atoms with van der Waals surface area (Å²) in [5, 5.41) is 3.42. The lowest BCUT2D eigenvalue weighted by molar-refractivity contribution is -0.118. The molecule has 7 nitrogen and oxygen atoms in total. The number of carbonyl (C=O) groups excluding carboxylic acids is 2. The van der Waals surface area contributed by atoms with Crippen molar-refractivity contribution in [1.29, 1.82) is 0 Å². The molecular formula is C34H40ClN3O4. The highest BCUT2D eigenvalue weighted by atomic mass is 35.5. The summed E-state index contributed by atoms with van der Waals surface area (Å²) in [6.45, 7) is 5.18. The lowest BCUT2D eigenvalue weighted by Gasteiger charge is -2.36. The standard InChI is InChI=1S/C34H40ClN3O4/c1-2-22-41-29-15-10-27(11-16-29)34(40)38-20-18-37(19-21-38)32-17-12-28(23-31(32)35)36-33(39)24-42-30-13-8-26(9-14-30)25-6-4-3-5-7-25/h8-17,23,25H,2-7,18-22,24H2,1H3,(H,36,39). The molecule has 2 aliphatic rings. The molecule has 1 saturated heterocycles. The van der Waals surface area contributed by atoms with Crippen molar-refractivity contribution in [3.63, 3.8) is 0 Å². The van der Waals surface area contributed by atoms with E-state index in [-0.39, 0.29) is 18.4 Å². The fourth-order valence-electron chi connectivity index (χ4n) is 5.71. The van der Waals surface area contributed by atoms with Gasteiger partial charge in [0.05, 0.1) is 17.3 Å². The van der Waals surface area contributed by atoms with Gasteiger partial charge in [0.2, 0.25) is 0 Å². The number of nitrogens with zero attached hydrogens (tertiary/aromatic N) is 2. The molecule has 1 saturated carbocycles. The summed E-state index contributed by atoms with van der Waals surface area (Å²) >= 11 is 6.63. The third-order valence-electron chi connectivity index (χ3n) is 8.04. The molecule has 1 aliphatic carbocycles. The maximum atomic E-state index is 13.0. The van der Waals surface area contributed by atoms with Crippen LogP contribution in [0.2, 0.25) is 5.02 Å². The van der Waals surface area contributed by atoms with Crippen LogP contribution in [0, 0.1) is 0 Å². The molecule has 1 N–H and O–H groups in total. The zero-order valence-corrected chi connectivity index (χ0v) is 25.1. The number of carbonyl (C=O) groups is 2. The summed E-state index contributed by atoms with van der Waals surface area (Å²) in [5.74, 6) is 1.88. The number of anilines is 2. The van der Waals surface area contributed by atoms with Gasteiger partial charge in [0.15, 0.2) is 6.61 Å². The summed E-state index contributed by atoms with van der Waals surface area (Å²) in [6, 6.07) is 21.0. The third-order valence-corrected chi connectivity index (χ3v) is 8.34. The summed E-state index contributed by atoms with van der Waals surface area (Å²) < 4.78 is 11.3. The molecule has 0 aromatic heterocycles. The number of benzene rings is 3. The molecule has 0 bridgehead atoms. The van der Waals surface area contributed by atoms with Crippen molar-refractivity contribution in [3.8, 4) is 11.5 Å². The van der Waals surface area contributed by atoms with Crippen LogP contribution < -0.4 is 19.7 Å². The molecule has 2 fully saturated rings. The molecule has 0 unspecified atom stereocenters. The zero-order chi connectivity index (χ0) is 29.3. The Morgan fingerprint density at radius 1 is 0.857 bits per heavy atom. The average Bonchev–Trinajstić information content (AvgIpc) is 3.03. The zero-order valence-electron chi connectivity index (χ0n) is 24.3. The molecule has 5 rings (SSSR count). The lowest BCUT2D eigenvalue weighted by atomic mass is 9.84. The van der Waals surface area contributed by atoms with Gasteiger partial charge in [-0.25, -0.2) is 0 Å². The molecule has 42 heavy (non-hydrogen) atoms. The Morgan fingerprint density at radius 3 is 2.19 bits per heavy atom. The number of hydrogen-bond donors (Lipinski definition) is 1. The molecule has 0 atom stereocenters. The molecule has 1 aliphatic heterocycles. The predicted molar refractivity (Wildman–Crippen MR) is 168 cm³/mol. The van der Waals surface area contributed by atoms with E-state index in [0.29, 0.717) is 60.7 Å². The molecule has 0 spiro atoms. The second-order valence-electron chi connectivity index (χ2n) is 11.1. The van der Waals surface area contributed by atoms with E-state index >= 15 is 0 Å². The summed E-state index contributed by atoms with van der Waals surface area (Å²) in [5.41, 5.74) is 3.52. The van der Waals surface area contributed by atoms with E-state index < -0.39 is 0 Å². The highest BCUT2D eigenvalue weighted by Gasteiger charge is 2.24. The fraction of sp³-hybridized carbons (Fsp3) is 0.412. The smallest absolute Gasteiger partial charge is 0.262 e. The van der Waals surface area contributed by atoms with Crippen LogP contribution >= 0.6 is 11.6 Å². The van der Waals surface area contributed by atoms with Crippen LogP contribution in [0.3, 0.4) is 0 Å². The third kappa shape index (κ3) is 7.77. The number of halogens is 1. The summed E-state index contributed by atoms with van der Waals surface area (Å²) in [7, 11) is 0. The first-order valence-corrected chi connectivity index (χ1v) is 15.5.